The molecule has 1 saturated carbocycles. The number of para-hydroxylation sites is 1. The standard InChI is InChI=1S/C18H24O3/c1-3-13-15(20)10-16-17(13)14-9-5-8-12(18(14)21-16)7-4-6-11(2)19/h5,8-9,13,15-17,20H,3-4,6-7,10H2,1-2H3/t13-,15+,16-,17-/m0/s1. The molecule has 3 heteroatoms. The molecule has 3 rings (SSSR count). The number of carbonyl (C=O) groups is 1. The van der Waals surface area contributed by atoms with Crippen molar-refractivity contribution in [3.8, 4) is 5.75 Å². The average Bonchev–Trinajstić information content (AvgIpc) is 2.93. The molecule has 4 atom stereocenters. The van der Waals surface area contributed by atoms with Crippen LogP contribution in [-0.4, -0.2) is 23.1 Å². The van der Waals surface area contributed by atoms with Crippen molar-refractivity contribution in [2.75, 3.05) is 0 Å². The summed E-state index contributed by atoms with van der Waals surface area (Å²) in [5.74, 6) is 1.92. The first-order valence-electron chi connectivity index (χ1n) is 8.07. The van der Waals surface area contributed by atoms with Crippen LogP contribution >= 0.6 is 0 Å². The summed E-state index contributed by atoms with van der Waals surface area (Å²) in [6.45, 7) is 3.79. The van der Waals surface area contributed by atoms with Crippen molar-refractivity contribution in [3.63, 3.8) is 0 Å². The van der Waals surface area contributed by atoms with Crippen LogP contribution in [0.15, 0.2) is 18.2 Å². The summed E-state index contributed by atoms with van der Waals surface area (Å²) >= 11 is 0. The summed E-state index contributed by atoms with van der Waals surface area (Å²) in [5, 5.41) is 10.2. The molecular weight excluding hydrogens is 264 g/mol. The maximum absolute atomic E-state index is 11.1. The first-order valence-corrected chi connectivity index (χ1v) is 8.07. The molecule has 1 heterocycles. The Morgan fingerprint density at radius 3 is 2.95 bits per heavy atom. The Labute approximate surface area is 126 Å². The van der Waals surface area contributed by atoms with Crippen molar-refractivity contribution in [2.24, 2.45) is 5.92 Å². The number of fused-ring (bicyclic) bond motifs is 3. The van der Waals surface area contributed by atoms with Gasteiger partial charge in [-0.05, 0) is 31.2 Å². The Balaban J connectivity index is 1.82. The van der Waals surface area contributed by atoms with E-state index in [0.29, 0.717) is 18.3 Å². The lowest BCUT2D eigenvalue weighted by Crippen LogP contribution is -2.17. The summed E-state index contributed by atoms with van der Waals surface area (Å²) in [6, 6.07) is 6.34. The minimum absolute atomic E-state index is 0.133. The summed E-state index contributed by atoms with van der Waals surface area (Å²) in [6.07, 6.45) is 4.02. The van der Waals surface area contributed by atoms with E-state index in [1.165, 1.54) is 11.1 Å². The zero-order valence-electron chi connectivity index (χ0n) is 12.8. The fourth-order valence-electron chi connectivity index (χ4n) is 4.04. The second-order valence-electron chi connectivity index (χ2n) is 6.45. The Kier molecular flexibility index (Phi) is 4.03. The van der Waals surface area contributed by atoms with Crippen molar-refractivity contribution in [2.45, 2.75) is 64.1 Å². The second-order valence-corrected chi connectivity index (χ2v) is 6.45. The van der Waals surface area contributed by atoms with Crippen LogP contribution in [0.2, 0.25) is 0 Å². The van der Waals surface area contributed by atoms with Gasteiger partial charge in [-0.15, -0.1) is 0 Å². The zero-order valence-corrected chi connectivity index (χ0v) is 12.8. The lowest BCUT2D eigenvalue weighted by molar-refractivity contribution is -0.117. The average molecular weight is 288 g/mol. The second kappa shape index (κ2) is 5.80. The summed E-state index contributed by atoms with van der Waals surface area (Å²) < 4.78 is 6.18. The van der Waals surface area contributed by atoms with E-state index in [1.807, 2.05) is 0 Å². The highest BCUT2D eigenvalue weighted by atomic mass is 16.5. The van der Waals surface area contributed by atoms with E-state index in [4.69, 9.17) is 4.74 Å². The van der Waals surface area contributed by atoms with Crippen molar-refractivity contribution in [3.05, 3.63) is 29.3 Å². The molecule has 0 amide bonds. The van der Waals surface area contributed by atoms with Gasteiger partial charge in [0.05, 0.1) is 6.10 Å². The Bertz CT molecular complexity index is 537. The van der Waals surface area contributed by atoms with Crippen LogP contribution in [0.25, 0.3) is 0 Å². The highest BCUT2D eigenvalue weighted by Gasteiger charge is 2.48. The van der Waals surface area contributed by atoms with Crippen LogP contribution in [-0.2, 0) is 11.2 Å². The zero-order chi connectivity index (χ0) is 15.0. The smallest absolute Gasteiger partial charge is 0.129 e. The number of benzene rings is 1. The number of Topliss-reactive ketones (excluding diaryl/α,β-unsaturated/α-hetero) is 1. The topological polar surface area (TPSA) is 46.5 Å². The molecule has 0 bridgehead atoms. The van der Waals surface area contributed by atoms with Gasteiger partial charge in [-0.3, -0.25) is 0 Å². The third kappa shape index (κ3) is 2.59. The first kappa shape index (κ1) is 14.6. The van der Waals surface area contributed by atoms with Gasteiger partial charge in [-0.1, -0.05) is 31.5 Å². The van der Waals surface area contributed by atoms with Gasteiger partial charge in [0.15, 0.2) is 0 Å². The molecule has 1 N–H and O–H groups in total. The monoisotopic (exact) mass is 288 g/mol. The minimum atomic E-state index is -0.237. The largest absolute Gasteiger partial charge is 0.489 e. The number of aliphatic hydroxyl groups is 1. The molecular formula is C18H24O3. The molecule has 1 aliphatic carbocycles. The number of ether oxygens (including phenoxy) is 1. The van der Waals surface area contributed by atoms with Gasteiger partial charge < -0.3 is 14.6 Å². The van der Waals surface area contributed by atoms with Crippen molar-refractivity contribution in [1.82, 2.24) is 0 Å². The van der Waals surface area contributed by atoms with Gasteiger partial charge in [0.25, 0.3) is 0 Å². The van der Waals surface area contributed by atoms with Crippen molar-refractivity contribution < 1.29 is 14.6 Å². The normalized spacial score (nSPS) is 29.9. The highest BCUT2D eigenvalue weighted by Crippen LogP contribution is 2.52. The molecule has 1 aromatic carbocycles. The van der Waals surface area contributed by atoms with E-state index in [9.17, 15) is 9.90 Å². The van der Waals surface area contributed by atoms with Crippen LogP contribution in [0.1, 0.15) is 56.6 Å². The quantitative estimate of drug-likeness (QED) is 0.905. The molecule has 0 unspecified atom stereocenters. The molecule has 0 spiro atoms. The molecule has 3 nitrogen and oxygen atoms in total. The van der Waals surface area contributed by atoms with Gasteiger partial charge >= 0.3 is 0 Å². The predicted octanol–water partition coefficient (Wildman–Crippen LogP) is 3.23. The van der Waals surface area contributed by atoms with E-state index < -0.39 is 0 Å². The van der Waals surface area contributed by atoms with Crippen LogP contribution in [0.3, 0.4) is 0 Å². The van der Waals surface area contributed by atoms with Gasteiger partial charge in [-0.2, -0.15) is 0 Å². The number of aryl methyl sites for hydroxylation is 1. The maximum atomic E-state index is 11.1. The van der Waals surface area contributed by atoms with Crippen LogP contribution in [0.4, 0.5) is 0 Å². The minimum Gasteiger partial charge on any atom is -0.489 e. The summed E-state index contributed by atoms with van der Waals surface area (Å²) in [5.41, 5.74) is 2.48. The van der Waals surface area contributed by atoms with Crippen LogP contribution in [0.5, 0.6) is 5.75 Å². The van der Waals surface area contributed by atoms with Crippen LogP contribution in [0, 0.1) is 5.92 Å². The molecule has 1 fully saturated rings. The van der Waals surface area contributed by atoms with E-state index in [-0.39, 0.29) is 18.0 Å². The van der Waals surface area contributed by atoms with E-state index in [0.717, 1.165) is 31.4 Å². The fraction of sp³-hybridized carbons (Fsp3) is 0.611. The van der Waals surface area contributed by atoms with Gasteiger partial charge in [0, 0.05) is 24.3 Å². The molecule has 2 aliphatic rings. The number of rotatable bonds is 5. The molecule has 0 saturated heterocycles. The highest BCUT2D eigenvalue weighted by molar-refractivity contribution is 5.75. The van der Waals surface area contributed by atoms with Crippen molar-refractivity contribution in [1.29, 1.82) is 0 Å². The Hall–Kier alpha value is -1.35. The molecule has 21 heavy (non-hydrogen) atoms. The summed E-state index contributed by atoms with van der Waals surface area (Å²) in [7, 11) is 0. The van der Waals surface area contributed by atoms with Gasteiger partial charge in [-0.25, -0.2) is 0 Å². The van der Waals surface area contributed by atoms with Crippen molar-refractivity contribution >= 4 is 5.78 Å². The molecule has 0 aromatic heterocycles. The van der Waals surface area contributed by atoms with Gasteiger partial charge in [0.2, 0.25) is 0 Å². The molecule has 1 aromatic rings. The Morgan fingerprint density at radius 1 is 1.43 bits per heavy atom. The molecule has 114 valence electrons. The SMILES string of the molecule is CC[C@@H]1[C@H]2c3cccc(CCCC(C)=O)c3O[C@H]2C[C@H]1O. The van der Waals surface area contributed by atoms with Crippen LogP contribution < -0.4 is 4.74 Å². The predicted molar refractivity (Wildman–Crippen MR) is 81.6 cm³/mol. The lowest BCUT2D eigenvalue weighted by Gasteiger charge is -2.18. The third-order valence-corrected chi connectivity index (χ3v) is 5.03. The molecule has 0 radical (unpaired) electrons. The number of hydrogen-bond donors (Lipinski definition) is 1. The van der Waals surface area contributed by atoms with E-state index >= 15 is 0 Å². The maximum Gasteiger partial charge on any atom is 0.129 e. The number of ketones is 1. The van der Waals surface area contributed by atoms with Gasteiger partial charge in [0.1, 0.15) is 17.6 Å². The summed E-state index contributed by atoms with van der Waals surface area (Å²) in [4.78, 5) is 11.1. The number of aliphatic hydroxyl groups excluding tert-OH is 1. The lowest BCUT2D eigenvalue weighted by atomic mass is 9.85. The third-order valence-electron chi connectivity index (χ3n) is 5.03. The first-order chi connectivity index (χ1) is 10.1. The Morgan fingerprint density at radius 2 is 2.24 bits per heavy atom. The fourth-order valence-corrected chi connectivity index (χ4v) is 4.04. The number of hydrogen-bond acceptors (Lipinski definition) is 3. The van der Waals surface area contributed by atoms with E-state index in [2.05, 4.69) is 25.1 Å². The van der Waals surface area contributed by atoms with E-state index in [1.54, 1.807) is 6.92 Å². The molecule has 1 aliphatic heterocycles. The number of carbonyl (C=O) groups excluding carboxylic acids is 1.